The fourth-order valence-corrected chi connectivity index (χ4v) is 0.403. The van der Waals surface area contributed by atoms with Gasteiger partial charge < -0.3 is 5.32 Å². The molecule has 0 aliphatic rings. The van der Waals surface area contributed by atoms with Gasteiger partial charge in [0.2, 0.25) is 0 Å². The fourth-order valence-electron chi connectivity index (χ4n) is 0.403. The van der Waals surface area contributed by atoms with E-state index in [1.165, 1.54) is 5.57 Å². The summed E-state index contributed by atoms with van der Waals surface area (Å²) < 4.78 is 0. The summed E-state index contributed by atoms with van der Waals surface area (Å²) in [6.45, 7) is 4.10. The van der Waals surface area contributed by atoms with E-state index in [4.69, 9.17) is 0 Å². The van der Waals surface area contributed by atoms with Gasteiger partial charge >= 0.3 is 0 Å². The van der Waals surface area contributed by atoms with Crippen molar-refractivity contribution in [3.05, 3.63) is 23.8 Å². The standard InChI is InChI=1S/C9H13N/c1-9(2)7-5-4-6-8-10-3/h4-5,7,10H,1-3H3/b5-4-. The highest BCUT2D eigenvalue weighted by Gasteiger charge is 1.67. The highest BCUT2D eigenvalue weighted by Crippen LogP contribution is 1.87. The maximum Gasteiger partial charge on any atom is 0.0116 e. The minimum absolute atomic E-state index is 1.28. The Hall–Kier alpha value is -1.16. The maximum atomic E-state index is 2.80. The van der Waals surface area contributed by atoms with Gasteiger partial charge in [0.05, 0.1) is 0 Å². The number of rotatable bonds is 1. The number of hydrogen-bond donors (Lipinski definition) is 1. The van der Waals surface area contributed by atoms with E-state index < -0.39 is 0 Å². The van der Waals surface area contributed by atoms with Crippen LogP contribution >= 0.6 is 0 Å². The van der Waals surface area contributed by atoms with Gasteiger partial charge in [0.15, 0.2) is 0 Å². The van der Waals surface area contributed by atoms with E-state index in [-0.39, 0.29) is 0 Å². The van der Waals surface area contributed by atoms with Gasteiger partial charge in [0.25, 0.3) is 0 Å². The van der Waals surface area contributed by atoms with Gasteiger partial charge in [-0.3, -0.25) is 0 Å². The molecule has 0 radical (unpaired) electrons. The number of hydrogen-bond acceptors (Lipinski definition) is 1. The molecule has 1 heteroatoms. The van der Waals surface area contributed by atoms with Crippen molar-refractivity contribution in [2.45, 2.75) is 13.8 Å². The van der Waals surface area contributed by atoms with Crippen molar-refractivity contribution < 1.29 is 0 Å². The van der Waals surface area contributed by atoms with Crippen LogP contribution in [-0.2, 0) is 0 Å². The monoisotopic (exact) mass is 135 g/mol. The Kier molecular flexibility index (Phi) is 5.28. The number of allylic oxidation sites excluding steroid dienone is 4. The van der Waals surface area contributed by atoms with Crippen LogP contribution in [0.25, 0.3) is 0 Å². The lowest BCUT2D eigenvalue weighted by Gasteiger charge is -1.78. The highest BCUT2D eigenvalue weighted by atomic mass is 14.8. The van der Waals surface area contributed by atoms with Crippen molar-refractivity contribution >= 4 is 0 Å². The smallest absolute Gasteiger partial charge is 0.0116 e. The molecule has 1 nitrogen and oxygen atoms in total. The van der Waals surface area contributed by atoms with E-state index in [2.05, 4.69) is 31.1 Å². The molecule has 0 heterocycles. The van der Waals surface area contributed by atoms with Crippen molar-refractivity contribution in [3.8, 4) is 12.0 Å². The molecule has 0 aromatic heterocycles. The van der Waals surface area contributed by atoms with Crippen molar-refractivity contribution in [2.24, 2.45) is 0 Å². The summed E-state index contributed by atoms with van der Waals surface area (Å²) in [5, 5.41) is 2.72. The summed E-state index contributed by atoms with van der Waals surface area (Å²) in [7, 11) is 1.79. The molecule has 0 bridgehead atoms. The average Bonchev–Trinajstić information content (AvgIpc) is 1.87. The molecule has 0 saturated heterocycles. The van der Waals surface area contributed by atoms with Gasteiger partial charge in [-0.2, -0.15) is 0 Å². The molecule has 0 fully saturated rings. The Morgan fingerprint density at radius 2 is 2.10 bits per heavy atom. The summed E-state index contributed by atoms with van der Waals surface area (Å²) in [5.41, 5.74) is 1.28. The predicted molar refractivity (Wildman–Crippen MR) is 45.4 cm³/mol. The molecule has 0 unspecified atom stereocenters. The van der Waals surface area contributed by atoms with Crippen LogP contribution in [-0.4, -0.2) is 7.05 Å². The first kappa shape index (κ1) is 8.84. The van der Waals surface area contributed by atoms with Gasteiger partial charge in [0, 0.05) is 13.1 Å². The van der Waals surface area contributed by atoms with Crippen LogP contribution in [0.4, 0.5) is 0 Å². The molecule has 0 amide bonds. The first-order chi connectivity index (χ1) is 4.77. The SMILES string of the molecule is CNC#C/C=C\C=C(C)C. The minimum atomic E-state index is 1.28. The molecule has 0 atom stereocenters. The Morgan fingerprint density at radius 1 is 1.40 bits per heavy atom. The maximum absolute atomic E-state index is 2.80. The van der Waals surface area contributed by atoms with Gasteiger partial charge in [-0.1, -0.05) is 23.6 Å². The zero-order chi connectivity index (χ0) is 7.82. The van der Waals surface area contributed by atoms with E-state index in [1.54, 1.807) is 7.05 Å². The Labute approximate surface area is 62.8 Å². The second-order valence-corrected chi connectivity index (χ2v) is 2.12. The molecule has 54 valence electrons. The van der Waals surface area contributed by atoms with E-state index in [0.717, 1.165) is 0 Å². The summed E-state index contributed by atoms with van der Waals surface area (Å²) in [6, 6.07) is 2.71. The van der Waals surface area contributed by atoms with Gasteiger partial charge in [-0.25, -0.2) is 0 Å². The molecule has 0 aliphatic heterocycles. The molecule has 0 saturated carbocycles. The highest BCUT2D eigenvalue weighted by molar-refractivity contribution is 5.20. The van der Waals surface area contributed by atoms with E-state index in [0.29, 0.717) is 0 Å². The largest absolute Gasteiger partial charge is 0.349 e. The molecular formula is C9H13N. The zero-order valence-electron chi connectivity index (χ0n) is 6.73. The normalized spacial score (nSPS) is 8.30. The van der Waals surface area contributed by atoms with Gasteiger partial charge in [-0.15, -0.1) is 0 Å². The number of nitrogens with one attached hydrogen (secondary N) is 1. The van der Waals surface area contributed by atoms with Crippen molar-refractivity contribution in [1.29, 1.82) is 0 Å². The molecule has 0 aliphatic carbocycles. The summed E-state index contributed by atoms with van der Waals surface area (Å²) >= 11 is 0. The fraction of sp³-hybridized carbons (Fsp3) is 0.333. The molecule has 0 aromatic rings. The van der Waals surface area contributed by atoms with E-state index in [1.807, 2.05) is 18.2 Å². The van der Waals surface area contributed by atoms with Gasteiger partial charge in [0.1, 0.15) is 0 Å². The molecule has 0 spiro atoms. The molecular weight excluding hydrogens is 122 g/mol. The van der Waals surface area contributed by atoms with Crippen molar-refractivity contribution in [3.63, 3.8) is 0 Å². The lowest BCUT2D eigenvalue weighted by atomic mass is 10.3. The van der Waals surface area contributed by atoms with Crippen molar-refractivity contribution in [1.82, 2.24) is 5.32 Å². The molecule has 1 N–H and O–H groups in total. The second-order valence-electron chi connectivity index (χ2n) is 2.12. The topological polar surface area (TPSA) is 12.0 Å². The third-order valence-corrected chi connectivity index (χ3v) is 0.806. The van der Waals surface area contributed by atoms with Crippen LogP contribution in [0.3, 0.4) is 0 Å². The Bertz CT molecular complexity index is 185. The average molecular weight is 135 g/mol. The summed E-state index contributed by atoms with van der Waals surface area (Å²) in [6.07, 6.45) is 5.76. The lowest BCUT2D eigenvalue weighted by molar-refractivity contribution is 1.16. The minimum Gasteiger partial charge on any atom is -0.349 e. The van der Waals surface area contributed by atoms with Gasteiger partial charge in [-0.05, 0) is 19.9 Å². The van der Waals surface area contributed by atoms with Crippen LogP contribution in [0, 0.1) is 12.0 Å². The molecule has 10 heavy (non-hydrogen) atoms. The Balaban J connectivity index is 3.68. The second kappa shape index (κ2) is 5.97. The lowest BCUT2D eigenvalue weighted by Crippen LogP contribution is -1.90. The van der Waals surface area contributed by atoms with E-state index in [9.17, 15) is 0 Å². The molecule has 0 rings (SSSR count). The zero-order valence-corrected chi connectivity index (χ0v) is 6.73. The third kappa shape index (κ3) is 6.84. The van der Waals surface area contributed by atoms with Crippen LogP contribution in [0.5, 0.6) is 0 Å². The third-order valence-electron chi connectivity index (χ3n) is 0.806. The summed E-state index contributed by atoms with van der Waals surface area (Å²) in [5.74, 6) is 2.80. The molecule has 0 aromatic carbocycles. The van der Waals surface area contributed by atoms with Crippen molar-refractivity contribution in [2.75, 3.05) is 7.05 Å². The summed E-state index contributed by atoms with van der Waals surface area (Å²) in [4.78, 5) is 0. The van der Waals surface area contributed by atoms with Crippen LogP contribution < -0.4 is 5.32 Å². The van der Waals surface area contributed by atoms with E-state index >= 15 is 0 Å². The first-order valence-electron chi connectivity index (χ1n) is 3.24. The predicted octanol–water partition coefficient (Wildman–Crippen LogP) is 1.69. The van der Waals surface area contributed by atoms with Crippen LogP contribution in [0.1, 0.15) is 13.8 Å². The van der Waals surface area contributed by atoms with Crippen LogP contribution in [0.15, 0.2) is 23.8 Å². The first-order valence-corrected chi connectivity index (χ1v) is 3.24. The Morgan fingerprint density at radius 3 is 2.60 bits per heavy atom. The quantitative estimate of drug-likeness (QED) is 0.328. The van der Waals surface area contributed by atoms with Crippen LogP contribution in [0.2, 0.25) is 0 Å².